The average molecular weight is 678 g/mol. The summed E-state index contributed by atoms with van der Waals surface area (Å²) in [6, 6.07) is -0.0114. The summed E-state index contributed by atoms with van der Waals surface area (Å²) >= 11 is 0. The van der Waals surface area contributed by atoms with Crippen LogP contribution in [0.1, 0.15) is 226 Å². The lowest BCUT2D eigenvalue weighted by atomic mass is 9.90. The Morgan fingerprint density at radius 3 is 1.25 bits per heavy atom. The van der Waals surface area contributed by atoms with E-state index in [1.165, 1.54) is 116 Å². The molecule has 1 unspecified atom stereocenters. The molecular formula is C41H79N3O4. The van der Waals surface area contributed by atoms with Crippen molar-refractivity contribution in [3.05, 3.63) is 10.4 Å². The predicted octanol–water partition coefficient (Wildman–Crippen LogP) is 13.9. The first-order valence-corrected chi connectivity index (χ1v) is 20.9. The number of hydrogen-bond acceptors (Lipinski definition) is 5. The predicted molar refractivity (Wildman–Crippen MR) is 203 cm³/mol. The van der Waals surface area contributed by atoms with Crippen molar-refractivity contribution in [2.24, 2.45) is 11.0 Å². The minimum absolute atomic E-state index is 0.0114. The monoisotopic (exact) mass is 678 g/mol. The van der Waals surface area contributed by atoms with Gasteiger partial charge >= 0.3 is 11.9 Å². The topological polar surface area (TPSA) is 101 Å². The van der Waals surface area contributed by atoms with Gasteiger partial charge in [0.25, 0.3) is 0 Å². The molecule has 7 heteroatoms. The van der Waals surface area contributed by atoms with Crippen LogP contribution in [0.4, 0.5) is 0 Å². The highest BCUT2D eigenvalue weighted by molar-refractivity contribution is 5.69. The Bertz CT molecular complexity index is 744. The number of azide groups is 1. The third-order valence-corrected chi connectivity index (χ3v) is 9.76. The second-order valence-electron chi connectivity index (χ2n) is 14.4. The molecular weight excluding hydrogens is 598 g/mol. The summed E-state index contributed by atoms with van der Waals surface area (Å²) in [5.41, 5.74) is 8.98. The van der Waals surface area contributed by atoms with E-state index in [-0.39, 0.29) is 18.0 Å². The number of esters is 2. The summed E-state index contributed by atoms with van der Waals surface area (Å²) in [4.78, 5) is 27.3. The zero-order chi connectivity index (χ0) is 35.2. The fourth-order valence-corrected chi connectivity index (χ4v) is 6.60. The van der Waals surface area contributed by atoms with Crippen molar-refractivity contribution in [1.29, 1.82) is 0 Å². The molecule has 0 aromatic heterocycles. The van der Waals surface area contributed by atoms with Gasteiger partial charge in [-0.05, 0) is 56.4 Å². The molecule has 0 aromatic rings. The molecule has 0 amide bonds. The number of carbonyl (C=O) groups excluding carboxylic acids is 2. The number of ether oxygens (including phenoxy) is 2. The fourth-order valence-electron chi connectivity index (χ4n) is 6.60. The van der Waals surface area contributed by atoms with Gasteiger partial charge in [-0.2, -0.15) is 0 Å². The smallest absolute Gasteiger partial charge is 0.305 e. The zero-order valence-corrected chi connectivity index (χ0v) is 32.2. The van der Waals surface area contributed by atoms with Crippen LogP contribution in [0.2, 0.25) is 0 Å². The molecule has 0 aliphatic rings. The van der Waals surface area contributed by atoms with Crippen LogP contribution < -0.4 is 0 Å². The van der Waals surface area contributed by atoms with Gasteiger partial charge in [0.15, 0.2) is 0 Å². The molecule has 0 heterocycles. The van der Waals surface area contributed by atoms with Gasteiger partial charge < -0.3 is 9.47 Å². The van der Waals surface area contributed by atoms with Crippen LogP contribution in [0.5, 0.6) is 0 Å². The Labute approximate surface area is 297 Å². The minimum atomic E-state index is -0.0883. The lowest BCUT2D eigenvalue weighted by Gasteiger charge is -2.17. The van der Waals surface area contributed by atoms with Crippen molar-refractivity contribution in [2.45, 2.75) is 232 Å². The molecule has 0 rings (SSSR count). The van der Waals surface area contributed by atoms with Crippen molar-refractivity contribution >= 4 is 11.9 Å². The molecule has 0 saturated carbocycles. The SMILES string of the molecule is CCCCCCCCCCCOC(=O)CCCCCC(CCCCCC(=O)OCCCCC(CCCCCC)CCCCCC)N=[N+]=[N-]. The van der Waals surface area contributed by atoms with Gasteiger partial charge in [0.05, 0.1) is 13.2 Å². The van der Waals surface area contributed by atoms with E-state index < -0.39 is 0 Å². The molecule has 0 aliphatic carbocycles. The molecule has 0 fully saturated rings. The Hall–Kier alpha value is -1.75. The van der Waals surface area contributed by atoms with Crippen LogP contribution in [0.15, 0.2) is 5.11 Å². The number of rotatable bonds is 38. The van der Waals surface area contributed by atoms with Crippen molar-refractivity contribution in [3.8, 4) is 0 Å². The van der Waals surface area contributed by atoms with Gasteiger partial charge in [0.1, 0.15) is 0 Å². The maximum Gasteiger partial charge on any atom is 0.305 e. The number of hydrogen-bond donors (Lipinski definition) is 0. The lowest BCUT2D eigenvalue weighted by molar-refractivity contribution is -0.144. The standard InChI is InChI=1S/C41H79N3O4/c1-4-7-10-13-14-15-16-17-27-36-47-40(45)34-24-18-22-32-39(43-44-42)33-23-19-25-35-41(46)48-37-28-26-31-38(29-20-11-8-5-2)30-21-12-9-6-3/h38-39H,4-37H2,1-3H3. The van der Waals surface area contributed by atoms with E-state index in [2.05, 4.69) is 30.8 Å². The largest absolute Gasteiger partial charge is 0.466 e. The summed E-state index contributed by atoms with van der Waals surface area (Å²) in [7, 11) is 0. The summed E-state index contributed by atoms with van der Waals surface area (Å²) < 4.78 is 10.9. The maximum absolute atomic E-state index is 12.2. The third-order valence-electron chi connectivity index (χ3n) is 9.76. The third kappa shape index (κ3) is 34.1. The quantitative estimate of drug-likeness (QED) is 0.0213. The maximum atomic E-state index is 12.2. The van der Waals surface area contributed by atoms with Crippen LogP contribution in [-0.4, -0.2) is 31.2 Å². The molecule has 0 radical (unpaired) electrons. The Balaban J connectivity index is 3.83. The van der Waals surface area contributed by atoms with Crippen molar-refractivity contribution in [2.75, 3.05) is 13.2 Å². The molecule has 0 spiro atoms. The van der Waals surface area contributed by atoms with E-state index in [0.717, 1.165) is 83.0 Å². The fraction of sp³-hybridized carbons (Fsp3) is 0.951. The highest BCUT2D eigenvalue weighted by atomic mass is 16.5. The minimum Gasteiger partial charge on any atom is -0.466 e. The summed E-state index contributed by atoms with van der Waals surface area (Å²) in [6.07, 6.45) is 36.3. The van der Waals surface area contributed by atoms with Gasteiger partial charge in [0.2, 0.25) is 0 Å². The second-order valence-corrected chi connectivity index (χ2v) is 14.4. The van der Waals surface area contributed by atoms with Gasteiger partial charge in [-0.25, -0.2) is 0 Å². The molecule has 0 bridgehead atoms. The van der Waals surface area contributed by atoms with E-state index in [0.29, 0.717) is 26.1 Å². The van der Waals surface area contributed by atoms with Crippen LogP contribution in [-0.2, 0) is 19.1 Å². The molecule has 0 aromatic carbocycles. The number of unbranched alkanes of at least 4 members (excludes halogenated alkanes) is 19. The van der Waals surface area contributed by atoms with Crippen molar-refractivity contribution in [1.82, 2.24) is 0 Å². The Morgan fingerprint density at radius 1 is 0.479 bits per heavy atom. The number of carbonyl (C=O) groups is 2. The van der Waals surface area contributed by atoms with Crippen molar-refractivity contribution in [3.63, 3.8) is 0 Å². The first-order chi connectivity index (χ1) is 23.6. The molecule has 7 nitrogen and oxygen atoms in total. The van der Waals surface area contributed by atoms with E-state index in [1.54, 1.807) is 0 Å². The first-order valence-electron chi connectivity index (χ1n) is 20.9. The summed E-state index contributed by atoms with van der Waals surface area (Å²) in [6.45, 7) is 7.89. The van der Waals surface area contributed by atoms with Crippen LogP contribution in [0.3, 0.4) is 0 Å². The van der Waals surface area contributed by atoms with E-state index >= 15 is 0 Å². The van der Waals surface area contributed by atoms with Gasteiger partial charge in [0, 0.05) is 23.8 Å². The van der Waals surface area contributed by atoms with Crippen LogP contribution in [0, 0.1) is 5.92 Å². The van der Waals surface area contributed by atoms with Crippen LogP contribution in [0.25, 0.3) is 10.4 Å². The molecule has 1 atom stereocenters. The molecule has 0 N–H and O–H groups in total. The lowest BCUT2D eigenvalue weighted by Crippen LogP contribution is -2.08. The molecule has 282 valence electrons. The highest BCUT2D eigenvalue weighted by Gasteiger charge is 2.11. The first kappa shape index (κ1) is 46.2. The average Bonchev–Trinajstić information content (AvgIpc) is 3.08. The highest BCUT2D eigenvalue weighted by Crippen LogP contribution is 2.24. The summed E-state index contributed by atoms with van der Waals surface area (Å²) in [5, 5.41) is 4.00. The van der Waals surface area contributed by atoms with E-state index in [4.69, 9.17) is 15.0 Å². The Kier molecular flexibility index (Phi) is 36.7. The van der Waals surface area contributed by atoms with Gasteiger partial charge in [-0.1, -0.05) is 174 Å². The molecule has 0 saturated heterocycles. The van der Waals surface area contributed by atoms with E-state index in [1.807, 2.05) is 0 Å². The zero-order valence-electron chi connectivity index (χ0n) is 32.2. The Morgan fingerprint density at radius 2 is 0.812 bits per heavy atom. The van der Waals surface area contributed by atoms with Gasteiger partial charge in [-0.15, -0.1) is 0 Å². The van der Waals surface area contributed by atoms with Gasteiger partial charge in [-0.3, -0.25) is 9.59 Å². The molecule has 48 heavy (non-hydrogen) atoms. The second kappa shape index (κ2) is 38.1. The van der Waals surface area contributed by atoms with E-state index in [9.17, 15) is 9.59 Å². The number of nitrogens with zero attached hydrogens (tertiary/aromatic N) is 3. The molecule has 0 aliphatic heterocycles. The normalized spacial score (nSPS) is 11.8. The summed E-state index contributed by atoms with van der Waals surface area (Å²) in [5.74, 6) is 0.671. The van der Waals surface area contributed by atoms with Crippen molar-refractivity contribution < 1.29 is 19.1 Å². The van der Waals surface area contributed by atoms with Crippen LogP contribution >= 0.6 is 0 Å².